The molecule has 1 amide bonds. The van der Waals surface area contributed by atoms with Gasteiger partial charge in [-0.3, -0.25) is 14.6 Å². The lowest BCUT2D eigenvalue weighted by Crippen LogP contribution is -2.47. The standard InChI is InChI=1S/C50H58ClF3N6O6S3/c51-38-10-6-35(7-11-38)45-16-18-49(19-21-55-22-20-49)30-37(45)31-58-24-26-59(27-25-58)40-12-8-36(9-13-40)48(61)57-69(64,65)44-14-15-46(47(29-44)68(62,63)50(52,53)54)56-39(34-67-43-4-2-1-3-5-43)17-23-60-32-42-28-41(60)33-66-42/h1-15,29,39,41-42,55-56H,16-28,30-34H2,(H,57,61)/t39-,41-,42-/m1/s1. The predicted octanol–water partition coefficient (Wildman–Crippen LogP) is 8.32. The van der Waals surface area contributed by atoms with Crippen LogP contribution in [0.2, 0.25) is 5.02 Å². The number of carbonyl (C=O) groups excluding carboxylic acids is 1. The number of morpholine rings is 1. The van der Waals surface area contributed by atoms with E-state index in [0.29, 0.717) is 36.8 Å². The fraction of sp³-hybridized carbons (Fsp3) is 0.460. The van der Waals surface area contributed by atoms with E-state index < -0.39 is 52.8 Å². The van der Waals surface area contributed by atoms with E-state index in [1.54, 1.807) is 12.1 Å². The summed E-state index contributed by atoms with van der Waals surface area (Å²) in [6, 6.07) is 26.3. The number of nitrogens with zero attached hydrogens (tertiary/aromatic N) is 3. The van der Waals surface area contributed by atoms with E-state index in [4.69, 9.17) is 16.3 Å². The molecule has 12 nitrogen and oxygen atoms in total. The first-order chi connectivity index (χ1) is 33.0. The van der Waals surface area contributed by atoms with Gasteiger partial charge in [-0.05, 0) is 141 Å². The minimum Gasteiger partial charge on any atom is -0.380 e. The van der Waals surface area contributed by atoms with Crippen molar-refractivity contribution in [1.82, 2.24) is 19.8 Å². The Kier molecular flexibility index (Phi) is 15.1. The molecule has 4 aromatic carbocycles. The SMILES string of the molecule is O=C(NS(=O)(=O)c1ccc(N[C@H](CCN2C[C@H]3C[C@@H]2CO3)CSc2ccccc2)c(S(=O)(=O)C(F)(F)F)c1)c1ccc(N2CCN(CC3=C(c4ccc(Cl)cc4)CCC4(CCNCC4)C3)CC2)cc1. The van der Waals surface area contributed by atoms with Crippen LogP contribution in [0.4, 0.5) is 24.5 Å². The number of hydrogen-bond donors (Lipinski definition) is 3. The second-order valence-corrected chi connectivity index (χ2v) is 24.1. The molecule has 4 saturated heterocycles. The number of sulfonamides is 1. The average molecular weight is 1030 g/mol. The molecule has 4 heterocycles. The Morgan fingerprint density at radius 2 is 1.64 bits per heavy atom. The molecule has 0 aromatic heterocycles. The van der Waals surface area contributed by atoms with Crippen LogP contribution in [0.25, 0.3) is 5.57 Å². The zero-order chi connectivity index (χ0) is 48.4. The number of allylic oxidation sites excluding steroid dienone is 1. The number of thioether (sulfide) groups is 1. The smallest absolute Gasteiger partial charge is 0.380 e. The summed E-state index contributed by atoms with van der Waals surface area (Å²) in [5.74, 6) is -0.639. The van der Waals surface area contributed by atoms with Crippen molar-refractivity contribution in [2.75, 3.05) is 81.5 Å². The molecule has 2 bridgehead atoms. The minimum atomic E-state index is -6.06. The zero-order valence-corrected chi connectivity index (χ0v) is 41.4. The number of nitrogens with one attached hydrogen (secondary N) is 3. The van der Waals surface area contributed by atoms with E-state index in [1.807, 2.05) is 47.2 Å². The van der Waals surface area contributed by atoms with Gasteiger partial charge in [0, 0.05) is 84.8 Å². The molecule has 69 heavy (non-hydrogen) atoms. The van der Waals surface area contributed by atoms with Crippen LogP contribution in [0.15, 0.2) is 117 Å². The maximum absolute atomic E-state index is 14.3. The highest BCUT2D eigenvalue weighted by Gasteiger charge is 2.49. The van der Waals surface area contributed by atoms with Crippen molar-refractivity contribution in [2.24, 2.45) is 5.41 Å². The van der Waals surface area contributed by atoms with Crippen molar-refractivity contribution in [1.29, 1.82) is 0 Å². The minimum absolute atomic E-state index is 0.00438. The number of anilines is 2. The first-order valence-corrected chi connectivity index (χ1v) is 27.9. The van der Waals surface area contributed by atoms with Gasteiger partial charge >= 0.3 is 5.51 Å². The molecular formula is C50H58ClF3N6O6S3. The lowest BCUT2D eigenvalue weighted by Gasteiger charge is -2.44. The topological polar surface area (TPSA) is 140 Å². The van der Waals surface area contributed by atoms with Crippen molar-refractivity contribution < 1.29 is 39.5 Å². The molecule has 19 heteroatoms. The third kappa shape index (κ3) is 11.6. The third-order valence-electron chi connectivity index (χ3n) is 14.5. The number of sulfone groups is 1. The van der Waals surface area contributed by atoms with Crippen molar-refractivity contribution in [2.45, 2.75) is 83.3 Å². The summed E-state index contributed by atoms with van der Waals surface area (Å²) in [4.78, 5) is 19.3. The molecule has 370 valence electrons. The highest BCUT2D eigenvalue weighted by Crippen LogP contribution is 2.48. The summed E-state index contributed by atoms with van der Waals surface area (Å²) >= 11 is 7.72. The molecular weight excluding hydrogens is 969 g/mol. The van der Waals surface area contributed by atoms with Crippen LogP contribution in [0, 0.1) is 5.41 Å². The van der Waals surface area contributed by atoms with Gasteiger partial charge in [-0.2, -0.15) is 13.2 Å². The molecule has 1 aliphatic carbocycles. The van der Waals surface area contributed by atoms with Gasteiger partial charge in [0.2, 0.25) is 0 Å². The molecule has 4 aromatic rings. The summed E-state index contributed by atoms with van der Waals surface area (Å²) in [6.07, 6.45) is 7.21. The Balaban J connectivity index is 0.857. The summed E-state index contributed by atoms with van der Waals surface area (Å²) in [5, 5.41) is 7.28. The molecule has 4 fully saturated rings. The lowest BCUT2D eigenvalue weighted by molar-refractivity contribution is -0.0435. The lowest BCUT2D eigenvalue weighted by atomic mass is 9.65. The highest BCUT2D eigenvalue weighted by atomic mass is 35.5. The van der Waals surface area contributed by atoms with Crippen molar-refractivity contribution in [3.63, 3.8) is 0 Å². The van der Waals surface area contributed by atoms with Gasteiger partial charge in [0.05, 0.1) is 23.3 Å². The Hall–Kier alpha value is -4.14. The molecule has 0 radical (unpaired) electrons. The summed E-state index contributed by atoms with van der Waals surface area (Å²) < 4.78 is 104. The van der Waals surface area contributed by atoms with Gasteiger partial charge in [-0.25, -0.2) is 21.6 Å². The van der Waals surface area contributed by atoms with Gasteiger partial charge < -0.3 is 20.3 Å². The van der Waals surface area contributed by atoms with Gasteiger partial charge in [0.15, 0.2) is 0 Å². The zero-order valence-electron chi connectivity index (χ0n) is 38.2. The fourth-order valence-electron chi connectivity index (χ4n) is 10.6. The monoisotopic (exact) mass is 1030 g/mol. The fourth-order valence-corrected chi connectivity index (χ4v) is 13.7. The maximum atomic E-state index is 14.3. The van der Waals surface area contributed by atoms with Gasteiger partial charge in [-0.1, -0.05) is 47.5 Å². The molecule has 9 rings (SSSR count). The normalized spacial score (nSPS) is 21.7. The van der Waals surface area contributed by atoms with Crippen LogP contribution in [0.1, 0.15) is 60.9 Å². The Morgan fingerprint density at radius 3 is 2.30 bits per heavy atom. The quantitative estimate of drug-likeness (QED) is 0.0931. The van der Waals surface area contributed by atoms with Crippen LogP contribution in [0.3, 0.4) is 0 Å². The molecule has 3 atom stereocenters. The van der Waals surface area contributed by atoms with Crippen LogP contribution in [0.5, 0.6) is 0 Å². The van der Waals surface area contributed by atoms with E-state index in [1.165, 1.54) is 59.9 Å². The number of benzene rings is 4. The number of carbonyl (C=O) groups is 1. The van der Waals surface area contributed by atoms with Crippen LogP contribution in [-0.2, 0) is 24.6 Å². The van der Waals surface area contributed by atoms with Crippen molar-refractivity contribution in [3.8, 4) is 0 Å². The Morgan fingerprint density at radius 1 is 0.913 bits per heavy atom. The van der Waals surface area contributed by atoms with Gasteiger partial charge in [0.25, 0.3) is 25.8 Å². The molecule has 5 aliphatic rings. The maximum Gasteiger partial charge on any atom is 0.501 e. The van der Waals surface area contributed by atoms with E-state index in [-0.39, 0.29) is 17.7 Å². The van der Waals surface area contributed by atoms with E-state index in [0.717, 1.165) is 99.4 Å². The number of piperazine rings is 1. The number of alkyl halides is 3. The molecule has 3 N–H and O–H groups in total. The summed E-state index contributed by atoms with van der Waals surface area (Å²) in [7, 11) is -10.9. The van der Waals surface area contributed by atoms with Crippen LogP contribution < -0.4 is 20.3 Å². The van der Waals surface area contributed by atoms with Crippen LogP contribution in [-0.4, -0.2) is 128 Å². The molecule has 1 spiro atoms. The second kappa shape index (κ2) is 20.9. The number of rotatable bonds is 16. The molecule has 0 unspecified atom stereocenters. The van der Waals surface area contributed by atoms with Crippen molar-refractivity contribution in [3.05, 3.63) is 119 Å². The second-order valence-electron chi connectivity index (χ2n) is 19.0. The molecule has 4 aliphatic heterocycles. The molecule has 0 saturated carbocycles. The Bertz CT molecular complexity index is 2720. The number of halogens is 4. The first-order valence-electron chi connectivity index (χ1n) is 23.6. The van der Waals surface area contributed by atoms with E-state index in [9.17, 15) is 34.8 Å². The number of piperidine rings is 1. The number of hydrogen-bond acceptors (Lipinski definition) is 12. The van der Waals surface area contributed by atoms with Crippen LogP contribution >= 0.6 is 23.4 Å². The van der Waals surface area contributed by atoms with Crippen molar-refractivity contribution >= 4 is 66.1 Å². The largest absolute Gasteiger partial charge is 0.501 e. The van der Waals surface area contributed by atoms with E-state index >= 15 is 0 Å². The Labute approximate surface area is 412 Å². The van der Waals surface area contributed by atoms with E-state index in [2.05, 4.69) is 37.5 Å². The number of likely N-dealkylation sites (tertiary alicyclic amines) is 1. The number of fused-ring (bicyclic) bond motifs is 2. The first kappa shape index (κ1) is 49.8. The van der Waals surface area contributed by atoms with Gasteiger partial charge in [0.1, 0.15) is 4.90 Å². The van der Waals surface area contributed by atoms with Gasteiger partial charge in [-0.15, -0.1) is 11.8 Å². The number of ether oxygens (including phenoxy) is 1. The highest BCUT2D eigenvalue weighted by molar-refractivity contribution is 7.99. The predicted molar refractivity (Wildman–Crippen MR) is 265 cm³/mol. The average Bonchev–Trinajstić information content (AvgIpc) is 3.98. The number of amides is 1. The third-order valence-corrected chi connectivity index (χ3v) is 18.8. The summed E-state index contributed by atoms with van der Waals surface area (Å²) in [6.45, 7) is 8.08. The summed E-state index contributed by atoms with van der Waals surface area (Å²) in [5.41, 5.74) is -0.765.